The minimum atomic E-state index is -2.50. The number of carboxylic acids is 1. The molecule has 1 rings (SSSR count). The molecule has 1 saturated carbocycles. The molecule has 3 N–H and O–H groups in total. The third-order valence-corrected chi connectivity index (χ3v) is 4.99. The van der Waals surface area contributed by atoms with Crippen LogP contribution in [0.5, 0.6) is 0 Å². The fraction of sp³-hybridized carbons (Fsp3) is 0.900. The Bertz CT molecular complexity index is 541. The van der Waals surface area contributed by atoms with E-state index >= 15 is 0 Å². The number of carboxylic acid groups (broad SMARTS) is 1. The van der Waals surface area contributed by atoms with Gasteiger partial charge < -0.3 is 15.3 Å². The Morgan fingerprint density at radius 2 is 1.96 bits per heavy atom. The van der Waals surface area contributed by atoms with E-state index in [0.29, 0.717) is 25.7 Å². The number of aliphatic hydroxyl groups excluding tert-OH is 2. The summed E-state index contributed by atoms with van der Waals surface area (Å²) in [6.07, 6.45) is -1.72. The van der Waals surface area contributed by atoms with Crippen molar-refractivity contribution >= 4 is 11.8 Å². The second-order valence-electron chi connectivity index (χ2n) is 7.05. The van der Waals surface area contributed by atoms with Crippen molar-refractivity contribution in [3.63, 3.8) is 0 Å². The number of carbonyl (C=O) groups excluding carboxylic acids is 1. The molecule has 0 spiro atoms. The molecule has 0 radical (unpaired) electrons. The maximum absolute atomic E-state index is 12.3. The van der Waals surface area contributed by atoms with Gasteiger partial charge in [0.2, 0.25) is 0 Å². The summed E-state index contributed by atoms with van der Waals surface area (Å²) in [4.78, 5) is 23.1. The van der Waals surface area contributed by atoms with Crippen molar-refractivity contribution in [3.05, 3.63) is 0 Å². The number of aliphatic hydroxyl groups is 2. The first-order valence-electron chi connectivity index (χ1n) is 11.5. The van der Waals surface area contributed by atoms with E-state index in [1.165, 1.54) is 0 Å². The summed E-state index contributed by atoms with van der Waals surface area (Å²) >= 11 is 0. The van der Waals surface area contributed by atoms with Crippen LogP contribution < -0.4 is 0 Å². The first-order chi connectivity index (χ1) is 13.4. The molecule has 0 saturated heterocycles. The lowest BCUT2D eigenvalue weighted by Crippen LogP contribution is -2.22. The summed E-state index contributed by atoms with van der Waals surface area (Å²) in [6.45, 7) is 2.09. The molecular weight excluding hydrogens is 320 g/mol. The molecule has 0 unspecified atom stereocenters. The van der Waals surface area contributed by atoms with Crippen molar-refractivity contribution in [1.82, 2.24) is 0 Å². The summed E-state index contributed by atoms with van der Waals surface area (Å²) in [5, 5.41) is 29.1. The summed E-state index contributed by atoms with van der Waals surface area (Å²) in [5.41, 5.74) is 0. The van der Waals surface area contributed by atoms with E-state index in [0.717, 1.165) is 19.3 Å². The normalized spacial score (nSPS) is 28.1. The van der Waals surface area contributed by atoms with Crippen LogP contribution in [0.15, 0.2) is 0 Å². The van der Waals surface area contributed by atoms with Gasteiger partial charge in [0.05, 0.1) is 12.2 Å². The van der Waals surface area contributed by atoms with Crippen molar-refractivity contribution in [2.75, 3.05) is 0 Å². The largest absolute Gasteiger partial charge is 0.481 e. The first kappa shape index (κ1) is 16.2. The minimum Gasteiger partial charge on any atom is -0.481 e. The number of carbonyl (C=O) groups is 2. The van der Waals surface area contributed by atoms with Crippen LogP contribution >= 0.6 is 0 Å². The van der Waals surface area contributed by atoms with E-state index in [1.54, 1.807) is 0 Å². The maximum Gasteiger partial charge on any atom is 0.303 e. The Kier molecular flexibility index (Phi) is 8.07. The molecule has 1 aliphatic rings. The van der Waals surface area contributed by atoms with Crippen molar-refractivity contribution in [2.45, 2.75) is 103 Å². The lowest BCUT2D eigenvalue weighted by molar-refractivity contribution is -0.137. The van der Waals surface area contributed by atoms with Gasteiger partial charge in [0, 0.05) is 24.2 Å². The molecule has 0 aromatic rings. The zero-order chi connectivity index (χ0) is 22.2. The van der Waals surface area contributed by atoms with Gasteiger partial charge >= 0.3 is 5.97 Å². The average Bonchev–Trinajstić information content (AvgIpc) is 2.85. The summed E-state index contributed by atoms with van der Waals surface area (Å²) in [5.74, 6) is -2.17. The summed E-state index contributed by atoms with van der Waals surface area (Å²) in [6, 6.07) is 0. The molecule has 5 nitrogen and oxygen atoms in total. The monoisotopic (exact) mass is 360 g/mol. The molecule has 0 aromatic heterocycles. The van der Waals surface area contributed by atoms with Gasteiger partial charge in [-0.05, 0) is 38.0 Å². The molecule has 0 heterocycles. The fourth-order valence-corrected chi connectivity index (χ4v) is 3.58. The quantitative estimate of drug-likeness (QED) is 0.411. The number of hydrogen-bond donors (Lipinski definition) is 3. The van der Waals surface area contributed by atoms with Crippen molar-refractivity contribution in [2.24, 2.45) is 11.8 Å². The number of hydrogen-bond acceptors (Lipinski definition) is 4. The molecule has 146 valence electrons. The molecule has 0 bridgehead atoms. The van der Waals surface area contributed by atoms with Gasteiger partial charge in [-0.2, -0.15) is 0 Å². The van der Waals surface area contributed by atoms with Crippen molar-refractivity contribution in [3.8, 4) is 0 Å². The van der Waals surface area contributed by atoms with Gasteiger partial charge in [0.25, 0.3) is 0 Å². The van der Waals surface area contributed by atoms with E-state index in [1.807, 2.05) is 0 Å². The second-order valence-corrected chi connectivity index (χ2v) is 7.05. The Hall–Kier alpha value is -0.940. The third kappa shape index (κ3) is 8.82. The number of aliphatic carboxylic acids is 1. The number of ketones is 1. The van der Waals surface area contributed by atoms with Gasteiger partial charge in [-0.25, -0.2) is 0 Å². The van der Waals surface area contributed by atoms with Gasteiger partial charge in [-0.3, -0.25) is 9.59 Å². The first-order valence-corrected chi connectivity index (χ1v) is 9.52. The lowest BCUT2D eigenvalue weighted by atomic mass is 9.85. The maximum atomic E-state index is 12.3. The van der Waals surface area contributed by atoms with Crippen LogP contribution in [0.2, 0.25) is 0 Å². The Morgan fingerprint density at radius 1 is 1.20 bits per heavy atom. The van der Waals surface area contributed by atoms with Crippen LogP contribution in [0.25, 0.3) is 0 Å². The van der Waals surface area contributed by atoms with Gasteiger partial charge in [-0.1, -0.05) is 45.4 Å². The molecular formula is C20H36O5. The van der Waals surface area contributed by atoms with Crippen LogP contribution in [-0.4, -0.2) is 39.3 Å². The van der Waals surface area contributed by atoms with Crippen molar-refractivity contribution < 1.29 is 30.4 Å². The summed E-state index contributed by atoms with van der Waals surface area (Å²) in [7, 11) is 0. The molecule has 0 aliphatic heterocycles. The predicted molar refractivity (Wildman–Crippen MR) is 97.3 cm³/mol. The highest BCUT2D eigenvalue weighted by atomic mass is 16.4. The van der Waals surface area contributed by atoms with E-state index < -0.39 is 43.3 Å². The Morgan fingerprint density at radius 3 is 2.64 bits per heavy atom. The highest BCUT2D eigenvalue weighted by Gasteiger charge is 2.40. The van der Waals surface area contributed by atoms with E-state index in [-0.39, 0.29) is 31.0 Å². The van der Waals surface area contributed by atoms with E-state index in [4.69, 9.17) is 10.6 Å². The number of Topliss-reactive ketones (excluding diaryl/α,β-unsaturated/α-hetero) is 1. The average molecular weight is 361 g/mol. The second kappa shape index (κ2) is 12.4. The Labute approximate surface area is 157 Å². The van der Waals surface area contributed by atoms with E-state index in [2.05, 4.69) is 6.92 Å². The van der Waals surface area contributed by atoms with Crippen LogP contribution in [0, 0.1) is 11.8 Å². The topological polar surface area (TPSA) is 94.8 Å². The molecule has 25 heavy (non-hydrogen) atoms. The van der Waals surface area contributed by atoms with Crippen LogP contribution in [0.1, 0.15) is 95.8 Å². The van der Waals surface area contributed by atoms with Gasteiger partial charge in [-0.15, -0.1) is 0 Å². The highest BCUT2D eigenvalue weighted by molar-refractivity contribution is 5.84. The molecule has 0 amide bonds. The van der Waals surface area contributed by atoms with Gasteiger partial charge in [0.15, 0.2) is 0 Å². The predicted octanol–water partition coefficient (Wildman–Crippen LogP) is 3.70. The fourth-order valence-electron chi connectivity index (χ4n) is 3.58. The van der Waals surface area contributed by atoms with Crippen LogP contribution in [0.3, 0.4) is 0 Å². The number of unbranched alkanes of at least 4 members (excludes halogenated alkanes) is 2. The highest BCUT2D eigenvalue weighted by Crippen LogP contribution is 2.36. The Balaban J connectivity index is 2.57. The molecule has 1 fully saturated rings. The zero-order valence-corrected chi connectivity index (χ0v) is 15.2. The smallest absolute Gasteiger partial charge is 0.303 e. The van der Waals surface area contributed by atoms with Crippen LogP contribution in [-0.2, 0) is 9.59 Å². The minimum absolute atomic E-state index is 0.0635. The number of rotatable bonds is 14. The third-order valence-electron chi connectivity index (χ3n) is 4.99. The summed E-state index contributed by atoms with van der Waals surface area (Å²) < 4.78 is 31.3. The molecule has 0 aromatic carbocycles. The zero-order valence-electron chi connectivity index (χ0n) is 19.2. The van der Waals surface area contributed by atoms with E-state index in [9.17, 15) is 19.8 Å². The SMILES string of the molecule is [2H]C([2H])(CCC[C@H]1C(=O)C[C@@H](O)[C@@H]1CC[C@@H](O)CCCCC)C([2H])([2H])CC(=O)O. The van der Waals surface area contributed by atoms with Crippen molar-refractivity contribution in [1.29, 1.82) is 0 Å². The molecule has 5 heteroatoms. The molecule has 1 aliphatic carbocycles. The standard InChI is InChI=1S/C20H36O5/c1-2-3-6-9-15(21)12-13-17-16(18(22)14-19(17)23)10-7-4-5-8-11-20(24)25/h15-17,19,21,23H,2-14H2,1H3,(H,24,25)/t15-,16+,17+,19+/m0/s1/i5D2,8D2. The lowest BCUT2D eigenvalue weighted by Gasteiger charge is -2.22. The van der Waals surface area contributed by atoms with Crippen LogP contribution in [0.4, 0.5) is 0 Å². The van der Waals surface area contributed by atoms with Gasteiger partial charge in [0.1, 0.15) is 5.78 Å². The molecule has 4 atom stereocenters.